The molecule has 2 atom stereocenters. The maximum atomic E-state index is 11.5. The van der Waals surface area contributed by atoms with Gasteiger partial charge in [0.25, 0.3) is 0 Å². The molecule has 0 bridgehead atoms. The first-order valence-electron chi connectivity index (χ1n) is 4.96. The fourth-order valence-corrected chi connectivity index (χ4v) is 1.84. The van der Waals surface area contributed by atoms with E-state index in [4.69, 9.17) is 10.8 Å². The number of aliphatic hydroxyl groups is 2. The number of hydrogen-bond donors (Lipinski definition) is 3. The fraction of sp³-hybridized carbons (Fsp3) is 0.400. The minimum atomic E-state index is -0.695. The van der Waals surface area contributed by atoms with Gasteiger partial charge in [-0.1, -0.05) is 6.08 Å². The average Bonchev–Trinajstić information content (AvgIpc) is 2.59. The molecule has 0 saturated heterocycles. The number of nitrogens with two attached hydrogens (primary N) is 1. The minimum Gasteiger partial charge on any atom is -0.392 e. The number of hydrogen-bond acceptors (Lipinski definition) is 5. The molecule has 6 nitrogen and oxygen atoms in total. The first kappa shape index (κ1) is 10.8. The smallest absolute Gasteiger partial charge is 0.350 e. The molecule has 0 aliphatic heterocycles. The summed E-state index contributed by atoms with van der Waals surface area (Å²) < 4.78 is 1.39. The van der Waals surface area contributed by atoms with Gasteiger partial charge in [-0.15, -0.1) is 0 Å². The number of allylic oxidation sites excluding steroid dienone is 1. The zero-order valence-corrected chi connectivity index (χ0v) is 8.58. The molecule has 0 unspecified atom stereocenters. The maximum absolute atomic E-state index is 11.5. The molecule has 0 spiro atoms. The molecule has 2 rings (SSSR count). The van der Waals surface area contributed by atoms with Crippen molar-refractivity contribution in [2.45, 2.75) is 18.6 Å². The number of aliphatic hydroxyl groups excluding tert-OH is 2. The van der Waals surface area contributed by atoms with E-state index in [0.717, 1.165) is 0 Å². The highest BCUT2D eigenvalue weighted by Gasteiger charge is 2.25. The molecule has 1 aliphatic carbocycles. The van der Waals surface area contributed by atoms with Gasteiger partial charge < -0.3 is 15.9 Å². The normalized spacial score (nSPS) is 24.5. The van der Waals surface area contributed by atoms with Crippen molar-refractivity contribution in [2.75, 3.05) is 12.3 Å². The quantitative estimate of drug-likeness (QED) is 0.561. The van der Waals surface area contributed by atoms with Gasteiger partial charge in [-0.2, -0.15) is 4.98 Å². The van der Waals surface area contributed by atoms with E-state index in [1.165, 1.54) is 10.6 Å². The lowest BCUT2D eigenvalue weighted by molar-refractivity contribution is 0.181. The molecule has 1 heterocycles. The molecular formula is C10H13N3O3. The van der Waals surface area contributed by atoms with Crippen molar-refractivity contribution in [3.8, 4) is 0 Å². The summed E-state index contributed by atoms with van der Waals surface area (Å²) in [5.41, 5.74) is 5.46. The monoisotopic (exact) mass is 223 g/mol. The van der Waals surface area contributed by atoms with Crippen LogP contribution in [0.5, 0.6) is 0 Å². The van der Waals surface area contributed by atoms with Gasteiger partial charge in [0.05, 0.1) is 18.8 Å². The van der Waals surface area contributed by atoms with Crippen molar-refractivity contribution < 1.29 is 10.2 Å². The molecule has 1 aliphatic rings. The van der Waals surface area contributed by atoms with Gasteiger partial charge in [-0.3, -0.25) is 4.57 Å². The first-order valence-corrected chi connectivity index (χ1v) is 4.96. The van der Waals surface area contributed by atoms with Crippen LogP contribution in [0.2, 0.25) is 0 Å². The molecule has 6 heteroatoms. The van der Waals surface area contributed by atoms with E-state index in [9.17, 15) is 9.90 Å². The van der Waals surface area contributed by atoms with Crippen LogP contribution in [0.15, 0.2) is 28.7 Å². The average molecular weight is 223 g/mol. The van der Waals surface area contributed by atoms with Crippen LogP contribution in [0.25, 0.3) is 0 Å². The van der Waals surface area contributed by atoms with Gasteiger partial charge in [0.15, 0.2) is 0 Å². The van der Waals surface area contributed by atoms with Crippen molar-refractivity contribution in [1.29, 1.82) is 0 Å². The SMILES string of the molecule is Nc1ccn([C@@H]2C=C(CO)[C@H](O)C2)c(=O)n1. The van der Waals surface area contributed by atoms with E-state index < -0.39 is 11.8 Å². The Labute approximate surface area is 91.7 Å². The van der Waals surface area contributed by atoms with Crippen molar-refractivity contribution in [1.82, 2.24) is 9.55 Å². The van der Waals surface area contributed by atoms with Crippen molar-refractivity contribution in [3.05, 3.63) is 34.4 Å². The summed E-state index contributed by atoms with van der Waals surface area (Å²) in [6, 6.07) is 1.26. The zero-order valence-electron chi connectivity index (χ0n) is 8.58. The van der Waals surface area contributed by atoms with Crippen molar-refractivity contribution >= 4 is 5.82 Å². The molecule has 0 amide bonds. The Balaban J connectivity index is 2.33. The third-order valence-corrected chi connectivity index (χ3v) is 2.69. The predicted octanol–water partition coefficient (Wildman–Crippen LogP) is -0.950. The lowest BCUT2D eigenvalue weighted by atomic mass is 10.2. The summed E-state index contributed by atoms with van der Waals surface area (Å²) in [7, 11) is 0. The van der Waals surface area contributed by atoms with Crippen LogP contribution in [-0.2, 0) is 0 Å². The van der Waals surface area contributed by atoms with E-state index >= 15 is 0 Å². The molecule has 4 N–H and O–H groups in total. The summed E-state index contributed by atoms with van der Waals surface area (Å²) >= 11 is 0. The Hall–Kier alpha value is -1.66. The zero-order chi connectivity index (χ0) is 11.7. The van der Waals surface area contributed by atoms with Crippen molar-refractivity contribution in [3.63, 3.8) is 0 Å². The molecular weight excluding hydrogens is 210 g/mol. The van der Waals surface area contributed by atoms with E-state index in [1.807, 2.05) is 0 Å². The summed E-state index contributed by atoms with van der Waals surface area (Å²) in [6.07, 6.45) is 2.91. The van der Waals surface area contributed by atoms with Gasteiger partial charge in [-0.05, 0) is 11.6 Å². The van der Waals surface area contributed by atoms with E-state index in [1.54, 1.807) is 12.3 Å². The van der Waals surface area contributed by atoms with Gasteiger partial charge in [0.1, 0.15) is 5.82 Å². The number of anilines is 1. The van der Waals surface area contributed by atoms with Crippen LogP contribution < -0.4 is 11.4 Å². The van der Waals surface area contributed by atoms with E-state index in [0.29, 0.717) is 12.0 Å². The Bertz CT molecular complexity index is 480. The number of aromatic nitrogens is 2. The van der Waals surface area contributed by atoms with Crippen LogP contribution in [0, 0.1) is 0 Å². The highest BCUT2D eigenvalue weighted by molar-refractivity contribution is 5.25. The largest absolute Gasteiger partial charge is 0.392 e. The van der Waals surface area contributed by atoms with Gasteiger partial charge in [0, 0.05) is 12.6 Å². The molecule has 86 valence electrons. The molecule has 0 saturated carbocycles. The third kappa shape index (κ3) is 1.84. The Morgan fingerprint density at radius 1 is 1.62 bits per heavy atom. The maximum Gasteiger partial charge on any atom is 0.350 e. The second kappa shape index (κ2) is 4.07. The van der Waals surface area contributed by atoms with Crippen LogP contribution in [0.3, 0.4) is 0 Å². The van der Waals surface area contributed by atoms with Crippen LogP contribution in [0.4, 0.5) is 5.82 Å². The third-order valence-electron chi connectivity index (χ3n) is 2.69. The van der Waals surface area contributed by atoms with Gasteiger partial charge in [0.2, 0.25) is 0 Å². The first-order chi connectivity index (χ1) is 7.61. The predicted molar refractivity (Wildman–Crippen MR) is 57.7 cm³/mol. The van der Waals surface area contributed by atoms with E-state index in [-0.39, 0.29) is 18.5 Å². The van der Waals surface area contributed by atoms with Crippen LogP contribution in [-0.4, -0.2) is 32.5 Å². The van der Waals surface area contributed by atoms with Crippen molar-refractivity contribution in [2.24, 2.45) is 0 Å². The second-order valence-corrected chi connectivity index (χ2v) is 3.76. The standard InChI is InChI=1S/C10H13N3O3/c11-9-1-2-13(10(16)12-9)7-3-6(5-14)8(15)4-7/h1-3,7-8,14-15H,4-5H2,(H2,11,12,16)/t7-,8-/m1/s1. The summed E-state index contributed by atoms with van der Waals surface area (Å²) in [6.45, 7) is -0.200. The molecule has 0 fully saturated rings. The molecule has 16 heavy (non-hydrogen) atoms. The highest BCUT2D eigenvalue weighted by Crippen LogP contribution is 2.27. The second-order valence-electron chi connectivity index (χ2n) is 3.76. The topological polar surface area (TPSA) is 101 Å². The summed E-state index contributed by atoms with van der Waals surface area (Å²) in [5.74, 6) is 0.172. The minimum absolute atomic E-state index is 0.172. The van der Waals surface area contributed by atoms with Crippen LogP contribution >= 0.6 is 0 Å². The number of rotatable bonds is 2. The van der Waals surface area contributed by atoms with Gasteiger partial charge in [-0.25, -0.2) is 4.79 Å². The summed E-state index contributed by atoms with van der Waals surface area (Å²) in [5, 5.41) is 18.5. The van der Waals surface area contributed by atoms with E-state index in [2.05, 4.69) is 4.98 Å². The lowest BCUT2D eigenvalue weighted by Crippen LogP contribution is -2.26. The fourth-order valence-electron chi connectivity index (χ4n) is 1.84. The van der Waals surface area contributed by atoms with Gasteiger partial charge >= 0.3 is 5.69 Å². The Morgan fingerprint density at radius 2 is 2.38 bits per heavy atom. The molecule has 0 radical (unpaired) electrons. The lowest BCUT2D eigenvalue weighted by Gasteiger charge is -2.11. The Kier molecular flexibility index (Phi) is 2.76. The highest BCUT2D eigenvalue weighted by atomic mass is 16.3. The molecule has 1 aromatic rings. The molecule has 0 aromatic carbocycles. The molecule has 1 aromatic heterocycles. The summed E-state index contributed by atoms with van der Waals surface area (Å²) in [4.78, 5) is 15.1. The number of nitrogen functional groups attached to an aromatic ring is 1. The van der Waals surface area contributed by atoms with Crippen LogP contribution in [0.1, 0.15) is 12.5 Å². The number of nitrogens with zero attached hydrogens (tertiary/aromatic N) is 2. The Morgan fingerprint density at radius 3 is 2.94 bits per heavy atom.